The van der Waals surface area contributed by atoms with Crippen LogP contribution in [0.1, 0.15) is 24.8 Å². The molecule has 2 nitrogen and oxygen atoms in total. The van der Waals surface area contributed by atoms with E-state index in [2.05, 4.69) is 11.1 Å². The topological polar surface area (TPSA) is 36.7 Å². The lowest BCUT2D eigenvalue weighted by Gasteiger charge is -2.09. The van der Waals surface area contributed by atoms with Gasteiger partial charge in [0.1, 0.15) is 5.15 Å². The van der Waals surface area contributed by atoms with Crippen molar-refractivity contribution in [2.45, 2.75) is 19.3 Å². The van der Waals surface area contributed by atoms with Gasteiger partial charge < -0.3 is 0 Å². The van der Waals surface area contributed by atoms with Crippen LogP contribution in [0.5, 0.6) is 0 Å². The van der Waals surface area contributed by atoms with Crippen LogP contribution in [0.25, 0.3) is 10.9 Å². The molecule has 3 heteroatoms. The predicted octanol–water partition coefficient (Wildman–Crippen LogP) is 3.91. The lowest BCUT2D eigenvalue weighted by atomic mass is 9.98. The van der Waals surface area contributed by atoms with Crippen LogP contribution >= 0.6 is 11.6 Å². The molecule has 80 valence electrons. The first kappa shape index (κ1) is 10.9. The summed E-state index contributed by atoms with van der Waals surface area (Å²) in [5, 5.41) is 10.5. The fourth-order valence-electron chi connectivity index (χ4n) is 1.73. The second-order valence-electron chi connectivity index (χ2n) is 3.65. The fraction of sp³-hybridized carbons (Fsp3) is 0.231. The van der Waals surface area contributed by atoms with Crippen molar-refractivity contribution in [3.63, 3.8) is 0 Å². The molecule has 1 aromatic carbocycles. The van der Waals surface area contributed by atoms with Crippen LogP contribution in [-0.2, 0) is 0 Å². The molecule has 0 N–H and O–H groups in total. The number of nitriles is 1. The summed E-state index contributed by atoms with van der Waals surface area (Å²) in [6, 6.07) is 12.0. The molecule has 0 fully saturated rings. The SMILES string of the molecule is CCC(C#N)c1cc2ccccc2nc1Cl. The minimum absolute atomic E-state index is 0.176. The molecule has 0 aliphatic rings. The minimum atomic E-state index is -0.176. The zero-order chi connectivity index (χ0) is 11.5. The summed E-state index contributed by atoms with van der Waals surface area (Å²) in [4.78, 5) is 4.31. The summed E-state index contributed by atoms with van der Waals surface area (Å²) >= 11 is 6.09. The minimum Gasteiger partial charge on any atom is -0.236 e. The molecular formula is C13H11ClN2. The number of pyridine rings is 1. The van der Waals surface area contributed by atoms with Crippen molar-refractivity contribution >= 4 is 22.5 Å². The van der Waals surface area contributed by atoms with E-state index in [1.807, 2.05) is 37.3 Å². The van der Waals surface area contributed by atoms with Crippen molar-refractivity contribution in [3.05, 3.63) is 41.0 Å². The molecule has 2 rings (SSSR count). The Morgan fingerprint density at radius 2 is 2.19 bits per heavy atom. The van der Waals surface area contributed by atoms with Gasteiger partial charge in [-0.3, -0.25) is 0 Å². The van der Waals surface area contributed by atoms with Crippen LogP contribution in [-0.4, -0.2) is 4.98 Å². The molecule has 0 aliphatic carbocycles. The fourth-order valence-corrected chi connectivity index (χ4v) is 2.01. The molecule has 2 aromatic rings. The first-order chi connectivity index (χ1) is 7.76. The first-order valence-corrected chi connectivity index (χ1v) is 5.59. The van der Waals surface area contributed by atoms with Crippen molar-refractivity contribution in [2.75, 3.05) is 0 Å². The van der Waals surface area contributed by atoms with Gasteiger partial charge in [0, 0.05) is 10.9 Å². The number of rotatable bonds is 2. The van der Waals surface area contributed by atoms with Gasteiger partial charge in [0.25, 0.3) is 0 Å². The number of hydrogen-bond acceptors (Lipinski definition) is 2. The molecule has 0 aliphatic heterocycles. The van der Waals surface area contributed by atoms with Gasteiger partial charge in [0.2, 0.25) is 0 Å². The number of para-hydroxylation sites is 1. The standard InChI is InChI=1S/C13H11ClN2/c1-2-9(8-15)11-7-10-5-3-4-6-12(10)16-13(11)14/h3-7,9H,2H2,1H3. The summed E-state index contributed by atoms with van der Waals surface area (Å²) in [6.45, 7) is 1.97. The quantitative estimate of drug-likeness (QED) is 0.734. The molecule has 16 heavy (non-hydrogen) atoms. The van der Waals surface area contributed by atoms with E-state index >= 15 is 0 Å². The molecule has 1 atom stereocenters. The highest BCUT2D eigenvalue weighted by Gasteiger charge is 2.13. The molecule has 0 spiro atoms. The average Bonchev–Trinajstić information content (AvgIpc) is 2.31. The highest BCUT2D eigenvalue weighted by molar-refractivity contribution is 6.30. The van der Waals surface area contributed by atoms with E-state index in [1.54, 1.807) is 0 Å². The third-order valence-corrected chi connectivity index (χ3v) is 2.95. The van der Waals surface area contributed by atoms with Crippen molar-refractivity contribution in [2.24, 2.45) is 0 Å². The molecule has 1 unspecified atom stereocenters. The molecule has 0 radical (unpaired) electrons. The lowest BCUT2D eigenvalue weighted by molar-refractivity contribution is 0.815. The van der Waals surface area contributed by atoms with E-state index in [0.717, 1.165) is 22.9 Å². The maximum atomic E-state index is 9.04. The van der Waals surface area contributed by atoms with Gasteiger partial charge in [-0.2, -0.15) is 5.26 Å². The largest absolute Gasteiger partial charge is 0.236 e. The zero-order valence-corrected chi connectivity index (χ0v) is 9.70. The molecule has 0 bridgehead atoms. The molecule has 1 heterocycles. The summed E-state index contributed by atoms with van der Waals surface area (Å²) in [6.07, 6.45) is 0.746. The van der Waals surface area contributed by atoms with E-state index < -0.39 is 0 Å². The van der Waals surface area contributed by atoms with E-state index in [-0.39, 0.29) is 5.92 Å². The number of fused-ring (bicyclic) bond motifs is 1. The van der Waals surface area contributed by atoms with E-state index in [1.165, 1.54) is 0 Å². The van der Waals surface area contributed by atoms with Gasteiger partial charge in [0.05, 0.1) is 17.5 Å². The third-order valence-electron chi connectivity index (χ3n) is 2.64. The van der Waals surface area contributed by atoms with Gasteiger partial charge in [-0.25, -0.2) is 4.98 Å². The van der Waals surface area contributed by atoms with Crippen LogP contribution in [0.3, 0.4) is 0 Å². The molecule has 0 saturated carbocycles. The van der Waals surface area contributed by atoms with E-state index in [4.69, 9.17) is 16.9 Å². The van der Waals surface area contributed by atoms with Crippen molar-refractivity contribution < 1.29 is 0 Å². The number of aromatic nitrogens is 1. The van der Waals surface area contributed by atoms with Gasteiger partial charge in [-0.05, 0) is 18.6 Å². The first-order valence-electron chi connectivity index (χ1n) is 5.21. The normalized spacial score (nSPS) is 12.3. The Labute approximate surface area is 99.5 Å². The van der Waals surface area contributed by atoms with Gasteiger partial charge >= 0.3 is 0 Å². The second kappa shape index (κ2) is 4.51. The van der Waals surface area contributed by atoms with Crippen molar-refractivity contribution in [1.82, 2.24) is 4.98 Å². The zero-order valence-electron chi connectivity index (χ0n) is 8.94. The number of benzene rings is 1. The smallest absolute Gasteiger partial charge is 0.134 e. The van der Waals surface area contributed by atoms with Gasteiger partial charge in [0.15, 0.2) is 0 Å². The highest BCUT2D eigenvalue weighted by atomic mass is 35.5. The van der Waals surface area contributed by atoms with Crippen LogP contribution in [0, 0.1) is 11.3 Å². The average molecular weight is 231 g/mol. The van der Waals surface area contributed by atoms with E-state index in [9.17, 15) is 0 Å². The van der Waals surface area contributed by atoms with E-state index in [0.29, 0.717) is 5.15 Å². The molecule has 0 saturated heterocycles. The monoisotopic (exact) mass is 230 g/mol. The molecular weight excluding hydrogens is 220 g/mol. The third kappa shape index (κ3) is 1.87. The Kier molecular flexibility index (Phi) is 3.07. The van der Waals surface area contributed by atoms with Crippen LogP contribution in [0.4, 0.5) is 0 Å². The van der Waals surface area contributed by atoms with Crippen molar-refractivity contribution in [3.8, 4) is 6.07 Å². The summed E-state index contributed by atoms with van der Waals surface area (Å²) < 4.78 is 0. The maximum absolute atomic E-state index is 9.04. The summed E-state index contributed by atoms with van der Waals surface area (Å²) in [5.41, 5.74) is 1.69. The van der Waals surface area contributed by atoms with Crippen LogP contribution < -0.4 is 0 Å². The molecule has 0 amide bonds. The maximum Gasteiger partial charge on any atom is 0.134 e. The van der Waals surface area contributed by atoms with Gasteiger partial charge in [-0.15, -0.1) is 0 Å². The highest BCUT2D eigenvalue weighted by Crippen LogP contribution is 2.28. The Morgan fingerprint density at radius 3 is 2.88 bits per heavy atom. The Balaban J connectivity index is 2.63. The molecule has 1 aromatic heterocycles. The van der Waals surface area contributed by atoms with Crippen LogP contribution in [0.2, 0.25) is 5.15 Å². The number of halogens is 1. The number of hydrogen-bond donors (Lipinski definition) is 0. The Hall–Kier alpha value is -1.59. The van der Waals surface area contributed by atoms with Gasteiger partial charge in [-0.1, -0.05) is 36.7 Å². The lowest BCUT2D eigenvalue weighted by Crippen LogP contribution is -1.97. The summed E-state index contributed by atoms with van der Waals surface area (Å²) in [7, 11) is 0. The Bertz CT molecular complexity index is 557. The second-order valence-corrected chi connectivity index (χ2v) is 4.01. The van der Waals surface area contributed by atoms with Crippen molar-refractivity contribution in [1.29, 1.82) is 5.26 Å². The van der Waals surface area contributed by atoms with Crippen LogP contribution in [0.15, 0.2) is 30.3 Å². The number of nitrogens with zero attached hydrogens (tertiary/aromatic N) is 2. The predicted molar refractivity (Wildman–Crippen MR) is 65.4 cm³/mol. The summed E-state index contributed by atoms with van der Waals surface area (Å²) in [5.74, 6) is -0.176. The Morgan fingerprint density at radius 1 is 1.44 bits per heavy atom.